The Morgan fingerprint density at radius 1 is 1.26 bits per heavy atom. The SMILES string of the molecule is CC1(CN)CCN(c2cnc(Sc3cccnc3C(F)(F)F)c(N)c2)CC1. The molecule has 146 valence electrons. The number of anilines is 2. The summed E-state index contributed by atoms with van der Waals surface area (Å²) in [5.41, 5.74) is 12.4. The van der Waals surface area contributed by atoms with Gasteiger partial charge >= 0.3 is 6.18 Å². The zero-order valence-corrected chi connectivity index (χ0v) is 15.8. The molecule has 1 aliphatic rings. The molecular formula is C18H22F3N5S. The van der Waals surface area contributed by atoms with Gasteiger partial charge in [-0.3, -0.25) is 4.98 Å². The quantitative estimate of drug-likeness (QED) is 0.817. The molecule has 0 radical (unpaired) electrons. The van der Waals surface area contributed by atoms with Crippen molar-refractivity contribution in [1.82, 2.24) is 9.97 Å². The molecule has 1 aliphatic heterocycles. The smallest absolute Gasteiger partial charge is 0.396 e. The molecule has 0 saturated carbocycles. The Labute approximate surface area is 160 Å². The first-order chi connectivity index (χ1) is 12.7. The number of halogens is 3. The molecule has 1 fully saturated rings. The number of hydrogen-bond donors (Lipinski definition) is 2. The van der Waals surface area contributed by atoms with Crippen LogP contribution < -0.4 is 16.4 Å². The van der Waals surface area contributed by atoms with Crippen LogP contribution in [-0.2, 0) is 6.18 Å². The van der Waals surface area contributed by atoms with Crippen LogP contribution in [0.25, 0.3) is 0 Å². The summed E-state index contributed by atoms with van der Waals surface area (Å²) in [6.07, 6.45) is 0.211. The van der Waals surface area contributed by atoms with Gasteiger partial charge in [0.05, 0.1) is 17.6 Å². The lowest BCUT2D eigenvalue weighted by atomic mass is 9.80. The summed E-state index contributed by atoms with van der Waals surface area (Å²) >= 11 is 0.873. The Hall–Kier alpha value is -2.00. The van der Waals surface area contributed by atoms with Gasteiger partial charge < -0.3 is 16.4 Å². The van der Waals surface area contributed by atoms with Crippen LogP contribution in [0.2, 0.25) is 0 Å². The fourth-order valence-electron chi connectivity index (χ4n) is 3.01. The Bertz CT molecular complexity index is 804. The van der Waals surface area contributed by atoms with Gasteiger partial charge in [0.2, 0.25) is 0 Å². The van der Waals surface area contributed by atoms with Gasteiger partial charge in [-0.15, -0.1) is 0 Å². The number of alkyl halides is 3. The van der Waals surface area contributed by atoms with Crippen LogP contribution >= 0.6 is 11.8 Å². The third-order valence-corrected chi connectivity index (χ3v) is 6.02. The van der Waals surface area contributed by atoms with Gasteiger partial charge in [0.1, 0.15) is 5.03 Å². The van der Waals surface area contributed by atoms with Crippen molar-refractivity contribution in [3.63, 3.8) is 0 Å². The third-order valence-electron chi connectivity index (χ3n) is 4.94. The van der Waals surface area contributed by atoms with Crippen molar-refractivity contribution in [2.45, 2.75) is 35.9 Å². The van der Waals surface area contributed by atoms with Gasteiger partial charge in [-0.25, -0.2) is 4.98 Å². The number of nitrogens with zero attached hydrogens (tertiary/aromatic N) is 3. The molecular weight excluding hydrogens is 375 g/mol. The second kappa shape index (κ2) is 7.55. The second-order valence-corrected chi connectivity index (χ2v) is 8.07. The molecule has 5 nitrogen and oxygen atoms in total. The number of nitrogen functional groups attached to an aromatic ring is 1. The summed E-state index contributed by atoms with van der Waals surface area (Å²) in [7, 11) is 0. The highest BCUT2D eigenvalue weighted by atomic mass is 32.2. The highest BCUT2D eigenvalue weighted by Crippen LogP contribution is 2.40. The molecule has 0 unspecified atom stereocenters. The maximum atomic E-state index is 13.1. The molecule has 4 N–H and O–H groups in total. The first-order valence-electron chi connectivity index (χ1n) is 8.62. The van der Waals surface area contributed by atoms with Crippen LogP contribution in [0.1, 0.15) is 25.5 Å². The van der Waals surface area contributed by atoms with Crippen LogP contribution in [-0.4, -0.2) is 29.6 Å². The number of aromatic nitrogens is 2. The van der Waals surface area contributed by atoms with Crippen LogP contribution in [0, 0.1) is 5.41 Å². The minimum Gasteiger partial charge on any atom is -0.396 e. The monoisotopic (exact) mass is 397 g/mol. The predicted molar refractivity (Wildman–Crippen MR) is 101 cm³/mol. The molecule has 0 aromatic carbocycles. The molecule has 3 rings (SSSR count). The third kappa shape index (κ3) is 4.47. The van der Waals surface area contributed by atoms with E-state index in [0.717, 1.165) is 49.6 Å². The molecule has 0 amide bonds. The normalized spacial score (nSPS) is 17.1. The first kappa shape index (κ1) is 19.8. The van der Waals surface area contributed by atoms with Crippen LogP contribution in [0.5, 0.6) is 0 Å². The highest BCUT2D eigenvalue weighted by Gasteiger charge is 2.35. The van der Waals surface area contributed by atoms with E-state index < -0.39 is 11.9 Å². The molecule has 0 bridgehead atoms. The van der Waals surface area contributed by atoms with Gasteiger partial charge in [-0.1, -0.05) is 18.7 Å². The molecule has 0 aliphatic carbocycles. The van der Waals surface area contributed by atoms with Crippen molar-refractivity contribution >= 4 is 23.1 Å². The minimum absolute atomic E-state index is 0.0198. The number of rotatable bonds is 4. The van der Waals surface area contributed by atoms with E-state index >= 15 is 0 Å². The van der Waals surface area contributed by atoms with Crippen molar-refractivity contribution in [3.8, 4) is 0 Å². The topological polar surface area (TPSA) is 81.1 Å². The van der Waals surface area contributed by atoms with Crippen LogP contribution in [0.4, 0.5) is 24.5 Å². The lowest BCUT2D eigenvalue weighted by Crippen LogP contribution is -2.42. The summed E-state index contributed by atoms with van der Waals surface area (Å²) in [5.74, 6) is 0. The average molecular weight is 397 g/mol. The second-order valence-electron chi connectivity index (χ2n) is 7.04. The van der Waals surface area contributed by atoms with Crippen LogP contribution in [0.3, 0.4) is 0 Å². The number of nitrogens with two attached hydrogens (primary N) is 2. The molecule has 9 heteroatoms. The molecule has 1 saturated heterocycles. The lowest BCUT2D eigenvalue weighted by Gasteiger charge is -2.39. The van der Waals surface area contributed by atoms with Gasteiger partial charge in [-0.2, -0.15) is 13.2 Å². The Morgan fingerprint density at radius 3 is 2.56 bits per heavy atom. The van der Waals surface area contributed by atoms with Crippen molar-refractivity contribution in [2.24, 2.45) is 11.1 Å². The van der Waals surface area contributed by atoms with E-state index in [1.54, 1.807) is 12.3 Å². The summed E-state index contributed by atoms with van der Waals surface area (Å²) < 4.78 is 39.3. The molecule has 27 heavy (non-hydrogen) atoms. The Kier molecular flexibility index (Phi) is 5.53. The highest BCUT2D eigenvalue weighted by molar-refractivity contribution is 7.99. The minimum atomic E-state index is -4.53. The molecule has 0 atom stereocenters. The predicted octanol–water partition coefficient (Wildman–Crippen LogP) is 3.79. The van der Waals surface area contributed by atoms with E-state index in [0.29, 0.717) is 17.3 Å². The van der Waals surface area contributed by atoms with Crippen molar-refractivity contribution in [3.05, 3.63) is 36.3 Å². The average Bonchev–Trinajstić information content (AvgIpc) is 2.64. The van der Waals surface area contributed by atoms with Crippen molar-refractivity contribution < 1.29 is 13.2 Å². The summed E-state index contributed by atoms with van der Waals surface area (Å²) in [6.45, 7) is 4.54. The first-order valence-corrected chi connectivity index (χ1v) is 9.44. The van der Waals surface area contributed by atoms with Crippen molar-refractivity contribution in [2.75, 3.05) is 30.3 Å². The van der Waals surface area contributed by atoms with E-state index in [4.69, 9.17) is 11.5 Å². The molecule has 0 spiro atoms. The van der Waals surface area contributed by atoms with E-state index in [9.17, 15) is 13.2 Å². The molecule has 3 heterocycles. The zero-order chi connectivity index (χ0) is 19.7. The van der Waals surface area contributed by atoms with E-state index in [1.165, 1.54) is 12.1 Å². The van der Waals surface area contributed by atoms with Gasteiger partial charge in [0.25, 0.3) is 0 Å². The zero-order valence-electron chi connectivity index (χ0n) is 15.0. The van der Waals surface area contributed by atoms with Gasteiger partial charge in [-0.05, 0) is 43.0 Å². The maximum absolute atomic E-state index is 13.1. The number of hydrogen-bond acceptors (Lipinski definition) is 6. The van der Waals surface area contributed by atoms with Gasteiger partial charge in [0.15, 0.2) is 5.69 Å². The van der Waals surface area contributed by atoms with Gasteiger partial charge in [0, 0.05) is 24.2 Å². The summed E-state index contributed by atoms with van der Waals surface area (Å²) in [5, 5.41) is 0.334. The molecule has 2 aromatic rings. The summed E-state index contributed by atoms with van der Waals surface area (Å²) in [6, 6.07) is 4.60. The Balaban J connectivity index is 1.77. The largest absolute Gasteiger partial charge is 0.434 e. The standard InChI is InChI=1S/C18H22F3N5S/c1-17(11-22)4-7-26(8-5-17)12-9-13(23)16(25-10-12)27-14-3-2-6-24-15(14)18(19,20)21/h2-3,6,9-10H,4-5,7-8,11,22-23H2,1H3. The Morgan fingerprint density at radius 2 is 1.96 bits per heavy atom. The summed E-state index contributed by atoms with van der Waals surface area (Å²) in [4.78, 5) is 9.92. The maximum Gasteiger partial charge on any atom is 0.434 e. The van der Waals surface area contributed by atoms with E-state index in [2.05, 4.69) is 21.8 Å². The fourth-order valence-corrected chi connectivity index (χ4v) is 3.92. The molecule has 2 aromatic heterocycles. The van der Waals surface area contributed by atoms with Crippen LogP contribution in [0.15, 0.2) is 40.5 Å². The van der Waals surface area contributed by atoms with E-state index in [-0.39, 0.29) is 10.3 Å². The fraction of sp³-hybridized carbons (Fsp3) is 0.444. The lowest BCUT2D eigenvalue weighted by molar-refractivity contribution is -0.143. The number of piperidine rings is 1. The number of pyridine rings is 2. The van der Waals surface area contributed by atoms with Crippen molar-refractivity contribution in [1.29, 1.82) is 0 Å². The van der Waals surface area contributed by atoms with E-state index in [1.807, 2.05) is 0 Å².